The predicted molar refractivity (Wildman–Crippen MR) is 139 cm³/mol. The van der Waals surface area contributed by atoms with E-state index in [-0.39, 0.29) is 0 Å². The molecule has 5 heteroatoms. The Morgan fingerprint density at radius 2 is 1.14 bits per heavy atom. The van der Waals surface area contributed by atoms with Crippen molar-refractivity contribution < 1.29 is 4.57 Å². The summed E-state index contributed by atoms with van der Waals surface area (Å²) in [6.07, 6.45) is 0. The molecule has 0 spiro atoms. The van der Waals surface area contributed by atoms with Crippen LogP contribution in [0.1, 0.15) is 5.56 Å². The fraction of sp³-hybridized carbons (Fsp3) is 0.0667. The van der Waals surface area contributed by atoms with Crippen LogP contribution in [0.4, 0.5) is 0 Å². The summed E-state index contributed by atoms with van der Waals surface area (Å²) in [7, 11) is 2.10. The predicted octanol–water partition coefficient (Wildman–Crippen LogP) is 5.95. The fourth-order valence-electron chi connectivity index (χ4n) is 4.54. The van der Waals surface area contributed by atoms with Crippen molar-refractivity contribution >= 4 is 11.0 Å². The molecule has 6 aromatic rings. The lowest BCUT2D eigenvalue weighted by atomic mass is 10.1. The second kappa shape index (κ2) is 8.61. The molecule has 0 fully saturated rings. The van der Waals surface area contributed by atoms with E-state index in [9.17, 15) is 0 Å². The molecule has 0 N–H and O–H groups in total. The van der Waals surface area contributed by atoms with Gasteiger partial charge in [-0.25, -0.2) is 9.55 Å². The van der Waals surface area contributed by atoms with E-state index in [1.54, 1.807) is 0 Å². The maximum absolute atomic E-state index is 5.01. The van der Waals surface area contributed by atoms with Crippen molar-refractivity contribution in [2.24, 2.45) is 7.05 Å². The molecule has 0 amide bonds. The van der Waals surface area contributed by atoms with Crippen molar-refractivity contribution in [3.8, 4) is 40.1 Å². The van der Waals surface area contributed by atoms with Gasteiger partial charge in [0, 0.05) is 11.1 Å². The summed E-state index contributed by atoms with van der Waals surface area (Å²) >= 11 is 0. The Morgan fingerprint density at radius 1 is 0.600 bits per heavy atom. The maximum atomic E-state index is 5.01. The average Bonchev–Trinajstić information content (AvgIpc) is 3.22. The smallest absolute Gasteiger partial charge is 0.225 e. The summed E-state index contributed by atoms with van der Waals surface area (Å²) < 4.78 is 4.37. The number of benzene rings is 4. The molecule has 0 radical (unpaired) electrons. The van der Waals surface area contributed by atoms with Crippen molar-refractivity contribution in [2.75, 3.05) is 0 Å². The van der Waals surface area contributed by atoms with E-state index in [0.29, 0.717) is 17.6 Å². The largest absolute Gasteiger partial charge is 0.330 e. The summed E-state index contributed by atoms with van der Waals surface area (Å²) in [5, 5.41) is 0. The summed E-state index contributed by atoms with van der Waals surface area (Å²) in [4.78, 5) is 14.9. The number of para-hydroxylation sites is 2. The van der Waals surface area contributed by atoms with Gasteiger partial charge in [-0.05, 0) is 30.7 Å². The van der Waals surface area contributed by atoms with Gasteiger partial charge in [-0.15, -0.1) is 0 Å². The van der Waals surface area contributed by atoms with E-state index in [2.05, 4.69) is 71.6 Å². The molecule has 6 rings (SSSR count). The Hall–Kier alpha value is -4.64. The van der Waals surface area contributed by atoms with E-state index in [4.69, 9.17) is 15.0 Å². The standard InChI is InChI=1S/C30H24N5/c1-21-13-9-10-18-24(21)29-34(2)25-19-11-12-20-26(25)35(29)30-32-27(22-14-5-3-6-15-22)31-28(33-30)23-16-7-4-8-17-23/h3-20H,1-2H3/q+1. The summed E-state index contributed by atoms with van der Waals surface area (Å²) in [6, 6.07) is 36.9. The first-order chi connectivity index (χ1) is 17.2. The van der Waals surface area contributed by atoms with Crippen molar-refractivity contribution in [3.05, 3.63) is 115 Å². The molecule has 0 saturated carbocycles. The first kappa shape index (κ1) is 20.9. The number of hydrogen-bond donors (Lipinski definition) is 0. The van der Waals surface area contributed by atoms with E-state index in [1.165, 1.54) is 5.56 Å². The van der Waals surface area contributed by atoms with Crippen LogP contribution in [0.15, 0.2) is 109 Å². The van der Waals surface area contributed by atoms with Gasteiger partial charge in [-0.1, -0.05) is 91.0 Å². The van der Waals surface area contributed by atoms with Crippen LogP contribution < -0.4 is 4.57 Å². The van der Waals surface area contributed by atoms with Crippen LogP contribution in [0.25, 0.3) is 51.1 Å². The van der Waals surface area contributed by atoms with Gasteiger partial charge in [0.15, 0.2) is 22.7 Å². The van der Waals surface area contributed by atoms with E-state index in [0.717, 1.165) is 33.5 Å². The molecule has 0 atom stereocenters. The summed E-state index contributed by atoms with van der Waals surface area (Å²) in [5.41, 5.74) is 6.37. The topological polar surface area (TPSA) is 47.5 Å². The molecule has 2 heterocycles. The number of rotatable bonds is 4. The zero-order valence-electron chi connectivity index (χ0n) is 19.6. The average molecular weight is 455 g/mol. The summed E-state index contributed by atoms with van der Waals surface area (Å²) in [5.74, 6) is 2.90. The van der Waals surface area contributed by atoms with Crippen LogP contribution in [0, 0.1) is 6.92 Å². The first-order valence-corrected chi connectivity index (χ1v) is 11.6. The van der Waals surface area contributed by atoms with E-state index < -0.39 is 0 Å². The lowest BCUT2D eigenvalue weighted by Gasteiger charge is -2.08. The molecule has 0 aliphatic heterocycles. The Morgan fingerprint density at radius 3 is 1.77 bits per heavy atom. The van der Waals surface area contributed by atoms with Crippen LogP contribution in [-0.2, 0) is 7.05 Å². The molecule has 0 unspecified atom stereocenters. The second-order valence-electron chi connectivity index (χ2n) is 8.54. The quantitative estimate of drug-likeness (QED) is 0.309. The molecule has 168 valence electrons. The summed E-state index contributed by atoms with van der Waals surface area (Å²) in [6.45, 7) is 2.13. The van der Waals surface area contributed by atoms with Gasteiger partial charge in [0.2, 0.25) is 0 Å². The van der Waals surface area contributed by atoms with Gasteiger partial charge in [0.25, 0.3) is 5.82 Å². The molecular formula is C30H24N5+. The Balaban J connectivity index is 1.70. The molecule has 5 nitrogen and oxygen atoms in total. The number of hydrogen-bond acceptors (Lipinski definition) is 3. The first-order valence-electron chi connectivity index (χ1n) is 11.6. The van der Waals surface area contributed by atoms with Crippen LogP contribution in [-0.4, -0.2) is 19.5 Å². The number of imidazole rings is 1. The molecule has 0 aliphatic carbocycles. The van der Waals surface area contributed by atoms with Gasteiger partial charge >= 0.3 is 5.95 Å². The number of aryl methyl sites for hydroxylation is 2. The second-order valence-corrected chi connectivity index (χ2v) is 8.54. The van der Waals surface area contributed by atoms with Gasteiger partial charge in [-0.2, -0.15) is 14.5 Å². The number of fused-ring (bicyclic) bond motifs is 1. The Labute approximate surface area is 204 Å². The van der Waals surface area contributed by atoms with Crippen molar-refractivity contribution in [3.63, 3.8) is 0 Å². The lowest BCUT2D eigenvalue weighted by Crippen LogP contribution is -2.30. The highest BCUT2D eigenvalue weighted by Gasteiger charge is 2.29. The minimum absolute atomic E-state index is 0.591. The van der Waals surface area contributed by atoms with E-state index in [1.807, 2.05) is 60.7 Å². The fourth-order valence-corrected chi connectivity index (χ4v) is 4.54. The van der Waals surface area contributed by atoms with Crippen molar-refractivity contribution in [1.29, 1.82) is 0 Å². The molecule has 35 heavy (non-hydrogen) atoms. The van der Waals surface area contributed by atoms with Crippen LogP contribution >= 0.6 is 0 Å². The third-order valence-corrected chi connectivity index (χ3v) is 6.29. The van der Waals surface area contributed by atoms with Crippen molar-refractivity contribution in [2.45, 2.75) is 6.92 Å². The van der Waals surface area contributed by atoms with Gasteiger partial charge in [0.05, 0.1) is 12.6 Å². The molecule has 0 aliphatic rings. The highest BCUT2D eigenvalue weighted by atomic mass is 15.3. The normalized spacial score (nSPS) is 11.1. The number of aromatic nitrogens is 5. The van der Waals surface area contributed by atoms with Crippen LogP contribution in [0.3, 0.4) is 0 Å². The minimum Gasteiger partial charge on any atom is -0.225 e. The zero-order chi connectivity index (χ0) is 23.8. The molecule has 4 aromatic carbocycles. The monoisotopic (exact) mass is 454 g/mol. The third kappa shape index (κ3) is 3.67. The highest BCUT2D eigenvalue weighted by Crippen LogP contribution is 2.29. The van der Waals surface area contributed by atoms with Gasteiger partial charge in [-0.3, -0.25) is 0 Å². The lowest BCUT2D eigenvalue weighted by molar-refractivity contribution is -0.633. The van der Waals surface area contributed by atoms with E-state index >= 15 is 0 Å². The zero-order valence-corrected chi connectivity index (χ0v) is 19.6. The Kier molecular flexibility index (Phi) is 5.15. The van der Waals surface area contributed by atoms with Gasteiger partial charge in [0.1, 0.15) is 0 Å². The Bertz CT molecular complexity index is 1600. The maximum Gasteiger partial charge on any atom is 0.330 e. The molecule has 0 bridgehead atoms. The molecule has 0 saturated heterocycles. The molecule has 2 aromatic heterocycles. The van der Waals surface area contributed by atoms with Gasteiger partial charge < -0.3 is 0 Å². The SMILES string of the molecule is Cc1ccccc1-c1n(-c2nc(-c3ccccc3)nc(-c3ccccc3)n2)c2ccccc2[n+]1C. The minimum atomic E-state index is 0.591. The number of nitrogens with zero attached hydrogens (tertiary/aromatic N) is 5. The van der Waals surface area contributed by atoms with Crippen LogP contribution in [0.5, 0.6) is 0 Å². The van der Waals surface area contributed by atoms with Crippen molar-refractivity contribution in [1.82, 2.24) is 19.5 Å². The molecular weight excluding hydrogens is 430 g/mol. The van der Waals surface area contributed by atoms with Crippen LogP contribution in [0.2, 0.25) is 0 Å². The third-order valence-electron chi connectivity index (χ3n) is 6.29. The highest BCUT2D eigenvalue weighted by molar-refractivity contribution is 5.79.